The van der Waals surface area contributed by atoms with Crippen molar-refractivity contribution in [3.05, 3.63) is 12.2 Å². The van der Waals surface area contributed by atoms with Crippen molar-refractivity contribution in [3.63, 3.8) is 0 Å². The van der Waals surface area contributed by atoms with Crippen LogP contribution in [-0.4, -0.2) is 18.4 Å². The van der Waals surface area contributed by atoms with Gasteiger partial charge in [0.1, 0.15) is 5.78 Å². The molecule has 78 valence electrons. The predicted octanol–water partition coefficient (Wildman–Crippen LogP) is 1.72. The number of carbonyl (C=O) groups is 2. The third-order valence-corrected chi connectivity index (χ3v) is 2.60. The summed E-state index contributed by atoms with van der Waals surface area (Å²) < 4.78 is 4.92. The van der Waals surface area contributed by atoms with E-state index in [1.165, 1.54) is 0 Å². The molecule has 1 saturated carbocycles. The lowest BCUT2D eigenvalue weighted by Crippen LogP contribution is -2.22. The van der Waals surface area contributed by atoms with Crippen LogP contribution in [0.25, 0.3) is 0 Å². The van der Waals surface area contributed by atoms with Gasteiger partial charge in [-0.3, -0.25) is 9.59 Å². The number of carbonyl (C=O) groups excluding carboxylic acids is 2. The molecule has 0 aromatic rings. The van der Waals surface area contributed by atoms with Crippen LogP contribution < -0.4 is 0 Å². The molecule has 0 bridgehead atoms. The summed E-state index contributed by atoms with van der Waals surface area (Å²) in [5.74, 6) is -0.427. The molecule has 14 heavy (non-hydrogen) atoms. The van der Waals surface area contributed by atoms with Crippen LogP contribution in [0.2, 0.25) is 0 Å². The molecule has 0 heterocycles. The van der Waals surface area contributed by atoms with Gasteiger partial charge in [-0.1, -0.05) is 12.2 Å². The number of rotatable bonds is 3. The van der Waals surface area contributed by atoms with Crippen molar-refractivity contribution in [2.75, 3.05) is 6.61 Å². The van der Waals surface area contributed by atoms with E-state index in [9.17, 15) is 9.59 Å². The summed E-state index contributed by atoms with van der Waals surface area (Å²) in [4.78, 5) is 22.7. The summed E-state index contributed by atoms with van der Waals surface area (Å²) in [5, 5.41) is 0. The molecular weight excluding hydrogens is 180 g/mol. The molecule has 3 heteroatoms. The second kappa shape index (κ2) is 4.40. The summed E-state index contributed by atoms with van der Waals surface area (Å²) in [7, 11) is 0. The number of hydrogen-bond donors (Lipinski definition) is 0. The van der Waals surface area contributed by atoms with E-state index >= 15 is 0 Å². The molecule has 0 saturated heterocycles. The van der Waals surface area contributed by atoms with Gasteiger partial charge in [-0.15, -0.1) is 0 Å². The predicted molar refractivity (Wildman–Crippen MR) is 52.7 cm³/mol. The zero-order valence-electron chi connectivity index (χ0n) is 8.71. The molecule has 1 aliphatic carbocycles. The van der Waals surface area contributed by atoms with Crippen LogP contribution in [0.1, 0.15) is 26.7 Å². The van der Waals surface area contributed by atoms with Crippen molar-refractivity contribution < 1.29 is 14.3 Å². The number of esters is 1. The zero-order chi connectivity index (χ0) is 10.7. The maximum atomic E-state index is 11.5. The third kappa shape index (κ3) is 2.22. The topological polar surface area (TPSA) is 43.4 Å². The van der Waals surface area contributed by atoms with E-state index in [0.29, 0.717) is 19.4 Å². The summed E-state index contributed by atoms with van der Waals surface area (Å²) in [6.45, 7) is 7.80. The molecule has 0 spiro atoms. The van der Waals surface area contributed by atoms with Gasteiger partial charge in [0.25, 0.3) is 0 Å². The zero-order valence-corrected chi connectivity index (χ0v) is 8.71. The third-order valence-electron chi connectivity index (χ3n) is 2.60. The van der Waals surface area contributed by atoms with Crippen molar-refractivity contribution in [3.8, 4) is 0 Å². The Morgan fingerprint density at radius 3 is 2.57 bits per heavy atom. The minimum atomic E-state index is -0.292. The summed E-state index contributed by atoms with van der Waals surface area (Å²) >= 11 is 0. The van der Waals surface area contributed by atoms with Gasteiger partial charge < -0.3 is 4.74 Å². The van der Waals surface area contributed by atoms with Crippen molar-refractivity contribution >= 4 is 11.8 Å². The number of ether oxygens (including phenoxy) is 1. The molecular formula is C11H16O3. The number of Topliss-reactive ketones (excluding diaryl/α,β-unsaturated/α-hetero) is 1. The Bertz CT molecular complexity index is 268. The first kappa shape index (κ1) is 11.0. The smallest absolute Gasteiger partial charge is 0.309 e. The first-order valence-corrected chi connectivity index (χ1v) is 4.90. The monoisotopic (exact) mass is 196 g/mol. The van der Waals surface area contributed by atoms with Crippen molar-refractivity contribution in [2.45, 2.75) is 26.7 Å². The van der Waals surface area contributed by atoms with Crippen LogP contribution in [0, 0.1) is 11.8 Å². The van der Waals surface area contributed by atoms with E-state index in [1.54, 1.807) is 6.92 Å². The largest absolute Gasteiger partial charge is 0.466 e. The highest BCUT2D eigenvalue weighted by Crippen LogP contribution is 2.34. The lowest BCUT2D eigenvalue weighted by molar-refractivity contribution is -0.149. The number of allylic oxidation sites excluding steroid dienone is 1. The fraction of sp³-hybridized carbons (Fsp3) is 0.636. The lowest BCUT2D eigenvalue weighted by atomic mass is 9.90. The van der Waals surface area contributed by atoms with Gasteiger partial charge in [-0.2, -0.15) is 0 Å². The molecule has 1 rings (SSSR count). The molecule has 0 aromatic heterocycles. The fourth-order valence-electron chi connectivity index (χ4n) is 1.87. The van der Waals surface area contributed by atoms with Crippen molar-refractivity contribution in [1.82, 2.24) is 0 Å². The molecule has 0 radical (unpaired) electrons. The normalized spacial score (nSPS) is 26.3. The maximum absolute atomic E-state index is 11.5. The molecule has 0 amide bonds. The Hall–Kier alpha value is -1.12. The van der Waals surface area contributed by atoms with E-state index in [1.807, 2.05) is 6.92 Å². The Labute approximate surface area is 84.1 Å². The van der Waals surface area contributed by atoms with Crippen LogP contribution in [0.4, 0.5) is 0 Å². The minimum Gasteiger partial charge on any atom is -0.466 e. The molecule has 1 fully saturated rings. The first-order valence-electron chi connectivity index (χ1n) is 4.90. The fourth-order valence-corrected chi connectivity index (χ4v) is 1.87. The van der Waals surface area contributed by atoms with Gasteiger partial charge in [0.05, 0.1) is 12.5 Å². The molecule has 2 atom stereocenters. The highest BCUT2D eigenvalue weighted by atomic mass is 16.5. The standard InChI is InChI=1S/C11H16O3/c1-4-14-11(13)10-6-8(12)5-9(10)7(2)3/h9-10H,2,4-6H2,1,3H3. The van der Waals surface area contributed by atoms with E-state index in [0.717, 1.165) is 5.57 Å². The van der Waals surface area contributed by atoms with Crippen LogP contribution in [0.3, 0.4) is 0 Å². The van der Waals surface area contributed by atoms with Crippen molar-refractivity contribution in [1.29, 1.82) is 0 Å². The van der Waals surface area contributed by atoms with E-state index in [4.69, 9.17) is 4.74 Å². The Morgan fingerprint density at radius 1 is 1.50 bits per heavy atom. The minimum absolute atomic E-state index is 0.0125. The SMILES string of the molecule is C=C(C)C1CC(=O)CC1C(=O)OCC. The highest BCUT2D eigenvalue weighted by Gasteiger charge is 2.38. The number of hydrogen-bond acceptors (Lipinski definition) is 3. The summed E-state index contributed by atoms with van der Waals surface area (Å²) in [6, 6.07) is 0. The number of ketones is 1. The van der Waals surface area contributed by atoms with Gasteiger partial charge >= 0.3 is 5.97 Å². The molecule has 3 nitrogen and oxygen atoms in total. The highest BCUT2D eigenvalue weighted by molar-refractivity contribution is 5.89. The molecule has 0 aromatic carbocycles. The lowest BCUT2D eigenvalue weighted by Gasteiger charge is -2.16. The van der Waals surface area contributed by atoms with Gasteiger partial charge in [-0.25, -0.2) is 0 Å². The molecule has 1 aliphatic rings. The maximum Gasteiger partial charge on any atom is 0.309 e. The average molecular weight is 196 g/mol. The summed E-state index contributed by atoms with van der Waals surface area (Å²) in [5.41, 5.74) is 0.897. The van der Waals surface area contributed by atoms with Gasteiger partial charge in [0, 0.05) is 12.8 Å². The van der Waals surface area contributed by atoms with Crippen LogP contribution >= 0.6 is 0 Å². The van der Waals surface area contributed by atoms with E-state index < -0.39 is 0 Å². The average Bonchev–Trinajstić information content (AvgIpc) is 2.48. The van der Waals surface area contributed by atoms with E-state index in [-0.39, 0.29) is 23.6 Å². The van der Waals surface area contributed by atoms with Crippen molar-refractivity contribution in [2.24, 2.45) is 11.8 Å². The Balaban J connectivity index is 2.71. The van der Waals surface area contributed by atoms with Gasteiger partial charge in [0.15, 0.2) is 0 Å². The van der Waals surface area contributed by atoms with E-state index in [2.05, 4.69) is 6.58 Å². The Morgan fingerprint density at radius 2 is 2.07 bits per heavy atom. The quantitative estimate of drug-likeness (QED) is 0.510. The van der Waals surface area contributed by atoms with Crippen LogP contribution in [0.15, 0.2) is 12.2 Å². The first-order chi connectivity index (χ1) is 6.56. The molecule has 2 unspecified atom stereocenters. The summed E-state index contributed by atoms with van der Waals surface area (Å²) in [6.07, 6.45) is 0.759. The van der Waals surface area contributed by atoms with Gasteiger partial charge in [-0.05, 0) is 19.8 Å². The van der Waals surface area contributed by atoms with Crippen LogP contribution in [-0.2, 0) is 14.3 Å². The Kier molecular flexibility index (Phi) is 3.44. The molecule has 0 aliphatic heterocycles. The molecule has 0 N–H and O–H groups in total. The van der Waals surface area contributed by atoms with Crippen LogP contribution in [0.5, 0.6) is 0 Å². The second-order valence-electron chi connectivity index (χ2n) is 3.76. The second-order valence-corrected chi connectivity index (χ2v) is 3.76. The van der Waals surface area contributed by atoms with Gasteiger partial charge in [0.2, 0.25) is 0 Å².